The van der Waals surface area contributed by atoms with Crippen LogP contribution in [0.15, 0.2) is 18.2 Å². The number of nitrogens with one attached hydrogen (secondary N) is 1. The minimum atomic E-state index is -0.423. The summed E-state index contributed by atoms with van der Waals surface area (Å²) in [6.45, 7) is 4.01. The fourth-order valence-corrected chi connectivity index (χ4v) is 2.13. The first-order valence-corrected chi connectivity index (χ1v) is 5.62. The van der Waals surface area contributed by atoms with Crippen molar-refractivity contribution < 1.29 is 9.59 Å². The van der Waals surface area contributed by atoms with Crippen molar-refractivity contribution in [2.75, 3.05) is 12.4 Å². The molecule has 17 heavy (non-hydrogen) atoms. The molecule has 0 spiro atoms. The van der Waals surface area contributed by atoms with Gasteiger partial charge in [0.25, 0.3) is 5.91 Å². The molecule has 0 aromatic heterocycles. The first-order chi connectivity index (χ1) is 7.97. The van der Waals surface area contributed by atoms with Crippen LogP contribution in [0.1, 0.15) is 17.5 Å². The van der Waals surface area contributed by atoms with E-state index in [4.69, 9.17) is 0 Å². The second-order valence-corrected chi connectivity index (χ2v) is 4.57. The molecular formula is C13H16N2O2. The van der Waals surface area contributed by atoms with Gasteiger partial charge in [-0.3, -0.25) is 14.5 Å². The summed E-state index contributed by atoms with van der Waals surface area (Å²) in [6, 6.07) is 5.60. The quantitative estimate of drug-likeness (QED) is 0.786. The molecule has 2 rings (SSSR count). The Labute approximate surface area is 101 Å². The average Bonchev–Trinajstić information content (AvgIpc) is 2.45. The summed E-state index contributed by atoms with van der Waals surface area (Å²) in [5, 5.41) is 3.12. The second kappa shape index (κ2) is 4.20. The minimum Gasteiger partial charge on any atom is -0.373 e. The maximum absolute atomic E-state index is 11.7. The number of rotatable bonds is 2. The van der Waals surface area contributed by atoms with Crippen LogP contribution in [0.25, 0.3) is 0 Å². The number of likely N-dealkylation sites (N-methyl/N-ethyl adjacent to an activating group) is 1. The SMILES string of the molecule is Cc1cc(C)cc(N[C@@H]2CC(=O)N(C)C2=O)c1. The van der Waals surface area contributed by atoms with Crippen molar-refractivity contribution in [3.8, 4) is 0 Å². The number of imide groups is 1. The lowest BCUT2D eigenvalue weighted by molar-refractivity contribution is -0.136. The van der Waals surface area contributed by atoms with Gasteiger partial charge in [0.15, 0.2) is 0 Å². The molecule has 1 N–H and O–H groups in total. The van der Waals surface area contributed by atoms with Crippen molar-refractivity contribution in [3.63, 3.8) is 0 Å². The largest absolute Gasteiger partial charge is 0.373 e. The minimum absolute atomic E-state index is 0.128. The van der Waals surface area contributed by atoms with Gasteiger partial charge in [-0.25, -0.2) is 0 Å². The normalized spacial score (nSPS) is 19.9. The molecule has 0 aliphatic carbocycles. The molecule has 0 radical (unpaired) electrons. The number of hydrogen-bond acceptors (Lipinski definition) is 3. The fraction of sp³-hybridized carbons (Fsp3) is 0.385. The number of benzene rings is 1. The molecule has 2 amide bonds. The van der Waals surface area contributed by atoms with E-state index >= 15 is 0 Å². The first kappa shape index (κ1) is 11.6. The highest BCUT2D eigenvalue weighted by atomic mass is 16.2. The van der Waals surface area contributed by atoms with Gasteiger partial charge >= 0.3 is 0 Å². The summed E-state index contributed by atoms with van der Waals surface area (Å²) in [5.74, 6) is -0.286. The van der Waals surface area contributed by atoms with E-state index in [1.807, 2.05) is 26.0 Å². The predicted molar refractivity (Wildman–Crippen MR) is 65.7 cm³/mol. The van der Waals surface area contributed by atoms with Crippen LogP contribution >= 0.6 is 0 Å². The zero-order valence-corrected chi connectivity index (χ0v) is 10.3. The smallest absolute Gasteiger partial charge is 0.251 e. The summed E-state index contributed by atoms with van der Waals surface area (Å²) in [4.78, 5) is 24.3. The summed E-state index contributed by atoms with van der Waals surface area (Å²) >= 11 is 0. The monoisotopic (exact) mass is 232 g/mol. The van der Waals surface area contributed by atoms with Gasteiger partial charge in [-0.1, -0.05) is 6.07 Å². The van der Waals surface area contributed by atoms with Crippen molar-refractivity contribution >= 4 is 17.5 Å². The van der Waals surface area contributed by atoms with Crippen molar-refractivity contribution in [1.82, 2.24) is 4.90 Å². The zero-order valence-electron chi connectivity index (χ0n) is 10.3. The van der Waals surface area contributed by atoms with E-state index < -0.39 is 6.04 Å². The Balaban J connectivity index is 2.16. The number of anilines is 1. The summed E-state index contributed by atoms with van der Waals surface area (Å²) in [5.41, 5.74) is 3.17. The lowest BCUT2D eigenvalue weighted by Gasteiger charge is -2.13. The molecule has 0 saturated carbocycles. The Morgan fingerprint density at radius 3 is 2.24 bits per heavy atom. The Kier molecular flexibility index (Phi) is 2.88. The van der Waals surface area contributed by atoms with Crippen LogP contribution in [-0.2, 0) is 9.59 Å². The molecule has 90 valence electrons. The van der Waals surface area contributed by atoms with Crippen LogP contribution in [0.4, 0.5) is 5.69 Å². The third kappa shape index (κ3) is 2.30. The highest BCUT2D eigenvalue weighted by molar-refractivity contribution is 6.06. The first-order valence-electron chi connectivity index (χ1n) is 5.62. The molecule has 1 atom stereocenters. The van der Waals surface area contributed by atoms with Gasteiger partial charge < -0.3 is 5.32 Å². The maximum Gasteiger partial charge on any atom is 0.251 e. The lowest BCUT2D eigenvalue weighted by atomic mass is 10.1. The van der Waals surface area contributed by atoms with Gasteiger partial charge in [-0.05, 0) is 37.1 Å². The van der Waals surface area contributed by atoms with Gasteiger partial charge in [0.2, 0.25) is 5.91 Å². The number of amides is 2. The molecule has 1 heterocycles. The number of hydrogen-bond donors (Lipinski definition) is 1. The molecule has 0 unspecified atom stereocenters. The molecule has 1 aliphatic rings. The Morgan fingerprint density at radius 2 is 1.76 bits per heavy atom. The van der Waals surface area contributed by atoms with Crippen molar-refractivity contribution in [2.24, 2.45) is 0 Å². The van der Waals surface area contributed by atoms with Crippen LogP contribution in [0.5, 0.6) is 0 Å². The van der Waals surface area contributed by atoms with Crippen LogP contribution in [-0.4, -0.2) is 29.8 Å². The third-order valence-corrected chi connectivity index (χ3v) is 2.94. The highest BCUT2D eigenvalue weighted by Gasteiger charge is 2.35. The van der Waals surface area contributed by atoms with Crippen LogP contribution in [0.2, 0.25) is 0 Å². The number of carbonyl (C=O) groups is 2. The molecule has 0 bridgehead atoms. The molecular weight excluding hydrogens is 216 g/mol. The second-order valence-electron chi connectivity index (χ2n) is 4.57. The zero-order chi connectivity index (χ0) is 12.6. The van der Waals surface area contributed by atoms with Crippen molar-refractivity contribution in [1.29, 1.82) is 0 Å². The van der Waals surface area contributed by atoms with E-state index in [-0.39, 0.29) is 18.2 Å². The molecule has 1 aromatic carbocycles. The van der Waals surface area contributed by atoms with E-state index in [9.17, 15) is 9.59 Å². The number of nitrogens with zero attached hydrogens (tertiary/aromatic N) is 1. The number of aryl methyl sites for hydroxylation is 2. The van der Waals surface area contributed by atoms with Crippen molar-refractivity contribution in [3.05, 3.63) is 29.3 Å². The summed E-state index contributed by atoms with van der Waals surface area (Å²) < 4.78 is 0. The number of carbonyl (C=O) groups excluding carboxylic acids is 2. The average molecular weight is 232 g/mol. The van der Waals surface area contributed by atoms with Gasteiger partial charge in [-0.2, -0.15) is 0 Å². The van der Waals surface area contributed by atoms with E-state index in [0.29, 0.717) is 0 Å². The molecule has 1 saturated heterocycles. The van der Waals surface area contributed by atoms with Crippen molar-refractivity contribution in [2.45, 2.75) is 26.3 Å². The summed E-state index contributed by atoms with van der Waals surface area (Å²) in [7, 11) is 1.52. The fourth-order valence-electron chi connectivity index (χ4n) is 2.13. The Hall–Kier alpha value is -1.84. The molecule has 1 aliphatic heterocycles. The molecule has 1 fully saturated rings. The molecule has 4 heteroatoms. The standard InChI is InChI=1S/C13H16N2O2/c1-8-4-9(2)6-10(5-8)14-11-7-12(16)15(3)13(11)17/h4-6,11,14H,7H2,1-3H3/t11-/m1/s1. The summed E-state index contributed by atoms with van der Waals surface area (Å²) in [6.07, 6.45) is 0.238. The molecule has 1 aromatic rings. The van der Waals surface area contributed by atoms with E-state index in [1.54, 1.807) is 0 Å². The van der Waals surface area contributed by atoms with Gasteiger partial charge in [0.05, 0.1) is 6.42 Å². The topological polar surface area (TPSA) is 49.4 Å². The van der Waals surface area contributed by atoms with Gasteiger partial charge in [-0.15, -0.1) is 0 Å². The lowest BCUT2D eigenvalue weighted by Crippen LogP contribution is -2.31. The van der Waals surface area contributed by atoms with E-state index in [1.165, 1.54) is 11.9 Å². The Morgan fingerprint density at radius 1 is 1.18 bits per heavy atom. The van der Waals surface area contributed by atoms with Crippen LogP contribution in [0, 0.1) is 13.8 Å². The van der Waals surface area contributed by atoms with Gasteiger partial charge in [0, 0.05) is 12.7 Å². The van der Waals surface area contributed by atoms with Crippen LogP contribution in [0.3, 0.4) is 0 Å². The highest BCUT2D eigenvalue weighted by Crippen LogP contribution is 2.19. The van der Waals surface area contributed by atoms with Gasteiger partial charge in [0.1, 0.15) is 6.04 Å². The number of likely N-dealkylation sites (tertiary alicyclic amines) is 1. The predicted octanol–water partition coefficient (Wildman–Crippen LogP) is 1.47. The Bertz CT molecular complexity index is 462. The van der Waals surface area contributed by atoms with E-state index in [0.717, 1.165) is 16.8 Å². The van der Waals surface area contributed by atoms with E-state index in [2.05, 4.69) is 11.4 Å². The molecule has 4 nitrogen and oxygen atoms in total. The van der Waals surface area contributed by atoms with Crippen LogP contribution < -0.4 is 5.32 Å². The third-order valence-electron chi connectivity index (χ3n) is 2.94. The maximum atomic E-state index is 11.7.